The van der Waals surface area contributed by atoms with Crippen LogP contribution >= 0.6 is 11.6 Å². The van der Waals surface area contributed by atoms with Gasteiger partial charge in [0.1, 0.15) is 17.3 Å². The maximum absolute atomic E-state index is 12.6. The molecule has 2 aliphatic heterocycles. The highest BCUT2D eigenvalue weighted by atomic mass is 35.5. The molecule has 1 aromatic rings. The van der Waals surface area contributed by atoms with Crippen LogP contribution in [0.4, 0.5) is 5.82 Å². The van der Waals surface area contributed by atoms with E-state index in [1.165, 1.54) is 0 Å². The molecule has 24 heavy (non-hydrogen) atoms. The van der Waals surface area contributed by atoms with E-state index >= 15 is 0 Å². The Balaban J connectivity index is 2.12. The van der Waals surface area contributed by atoms with E-state index in [0.29, 0.717) is 35.4 Å². The van der Waals surface area contributed by atoms with Gasteiger partial charge in [-0.25, -0.2) is 14.8 Å². The van der Waals surface area contributed by atoms with Crippen LogP contribution in [0.2, 0.25) is 5.02 Å². The van der Waals surface area contributed by atoms with Gasteiger partial charge in [0.2, 0.25) is 0 Å². The lowest BCUT2D eigenvalue weighted by atomic mass is 10.2. The van der Waals surface area contributed by atoms with E-state index in [0.717, 1.165) is 11.4 Å². The molecule has 0 bridgehead atoms. The standard InChI is InChI=1S/C17H20ClN5O/c1-4-19-15-13-16(21-14(20-13)10(2)3)23(17(24)22-15)9-11-5-7-12(18)8-6-11/h5-8,10,19H,4,9H2,1-3H3,(H,22,24). The largest absolute Gasteiger partial charge is 0.370 e. The Hall–Kier alpha value is -2.34. The van der Waals surface area contributed by atoms with Crippen molar-refractivity contribution in [3.63, 3.8) is 0 Å². The maximum atomic E-state index is 12.6. The maximum Gasteiger partial charge on any atom is 0.329 e. The number of imidazole rings is 1. The van der Waals surface area contributed by atoms with Gasteiger partial charge >= 0.3 is 5.69 Å². The first kappa shape index (κ1) is 16.5. The van der Waals surface area contributed by atoms with E-state index in [2.05, 4.69) is 20.3 Å². The molecule has 2 aliphatic rings. The second kappa shape index (κ2) is 6.65. The molecule has 7 heteroatoms. The zero-order chi connectivity index (χ0) is 17.3. The molecule has 0 amide bonds. The van der Waals surface area contributed by atoms with Crippen molar-refractivity contribution in [2.75, 3.05) is 11.9 Å². The first-order valence-electron chi connectivity index (χ1n) is 7.98. The van der Waals surface area contributed by atoms with Gasteiger partial charge in [-0.05, 0) is 24.6 Å². The summed E-state index contributed by atoms with van der Waals surface area (Å²) in [5.41, 5.74) is 1.44. The number of aromatic amines is 1. The number of anilines is 1. The van der Waals surface area contributed by atoms with Crippen molar-refractivity contribution in [3.05, 3.63) is 51.2 Å². The van der Waals surface area contributed by atoms with E-state index < -0.39 is 0 Å². The van der Waals surface area contributed by atoms with Crippen LogP contribution in [0.3, 0.4) is 0 Å². The Morgan fingerprint density at radius 3 is 2.58 bits per heavy atom. The highest BCUT2D eigenvalue weighted by Gasteiger charge is 2.22. The Labute approximate surface area is 145 Å². The molecular formula is C17H20ClN5O. The van der Waals surface area contributed by atoms with Gasteiger partial charge in [0.05, 0.1) is 6.54 Å². The Morgan fingerprint density at radius 2 is 1.96 bits per heavy atom. The van der Waals surface area contributed by atoms with E-state index in [4.69, 9.17) is 11.6 Å². The van der Waals surface area contributed by atoms with Crippen LogP contribution in [0.15, 0.2) is 29.1 Å². The van der Waals surface area contributed by atoms with Gasteiger partial charge in [0.15, 0.2) is 5.82 Å². The molecule has 1 aromatic carbocycles. The summed E-state index contributed by atoms with van der Waals surface area (Å²) in [6.07, 6.45) is 0. The lowest BCUT2D eigenvalue weighted by Gasteiger charge is -2.13. The molecule has 126 valence electrons. The van der Waals surface area contributed by atoms with Crippen LogP contribution in [0.25, 0.3) is 11.5 Å². The topological polar surface area (TPSA) is 75.6 Å². The number of nitrogens with one attached hydrogen (secondary N) is 2. The molecule has 0 saturated heterocycles. The molecule has 0 unspecified atom stereocenters. The highest BCUT2D eigenvalue weighted by molar-refractivity contribution is 6.30. The van der Waals surface area contributed by atoms with Crippen LogP contribution in [-0.2, 0) is 6.54 Å². The molecule has 0 aromatic heterocycles. The molecule has 0 aliphatic carbocycles. The summed E-state index contributed by atoms with van der Waals surface area (Å²) >= 11 is 5.93. The number of rotatable bonds is 5. The molecule has 0 spiro atoms. The third kappa shape index (κ3) is 3.14. The molecule has 0 atom stereocenters. The second-order valence-electron chi connectivity index (χ2n) is 5.96. The zero-order valence-electron chi connectivity index (χ0n) is 13.9. The summed E-state index contributed by atoms with van der Waals surface area (Å²) in [6, 6.07) is 7.43. The normalized spacial score (nSPS) is 11.4. The average Bonchev–Trinajstić information content (AvgIpc) is 2.99. The van der Waals surface area contributed by atoms with Gasteiger partial charge in [-0.2, -0.15) is 0 Å². The van der Waals surface area contributed by atoms with Gasteiger partial charge in [-0.3, -0.25) is 9.55 Å². The van der Waals surface area contributed by atoms with E-state index in [1.54, 1.807) is 4.57 Å². The number of H-pyrrole nitrogens is 1. The van der Waals surface area contributed by atoms with Crippen molar-refractivity contribution in [1.82, 2.24) is 19.5 Å². The minimum absolute atomic E-state index is 0.186. The third-order valence-corrected chi connectivity index (χ3v) is 4.00. The summed E-state index contributed by atoms with van der Waals surface area (Å²) in [5, 5.41) is 3.82. The fourth-order valence-electron chi connectivity index (χ4n) is 2.52. The molecule has 0 radical (unpaired) electrons. The van der Waals surface area contributed by atoms with Crippen molar-refractivity contribution >= 4 is 17.4 Å². The number of nitrogens with zero attached hydrogens (tertiary/aromatic N) is 3. The van der Waals surface area contributed by atoms with Crippen LogP contribution in [0, 0.1) is 0 Å². The predicted molar refractivity (Wildman–Crippen MR) is 96.1 cm³/mol. The van der Waals surface area contributed by atoms with Crippen LogP contribution in [-0.4, -0.2) is 26.1 Å². The number of halogens is 1. The molecular weight excluding hydrogens is 326 g/mol. The van der Waals surface area contributed by atoms with E-state index in [-0.39, 0.29) is 11.6 Å². The summed E-state index contributed by atoms with van der Waals surface area (Å²) < 4.78 is 1.61. The number of fused-ring (bicyclic) bond motifs is 1. The zero-order valence-corrected chi connectivity index (χ0v) is 14.7. The smallest absolute Gasteiger partial charge is 0.329 e. The van der Waals surface area contributed by atoms with Gasteiger partial charge < -0.3 is 5.32 Å². The van der Waals surface area contributed by atoms with Gasteiger partial charge in [-0.15, -0.1) is 0 Å². The fraction of sp³-hybridized carbons (Fsp3) is 0.353. The number of aromatic nitrogens is 4. The minimum Gasteiger partial charge on any atom is -0.370 e. The highest BCUT2D eigenvalue weighted by Crippen LogP contribution is 2.27. The lowest BCUT2D eigenvalue weighted by molar-refractivity contribution is 0.719. The molecule has 0 fully saturated rings. The first-order valence-corrected chi connectivity index (χ1v) is 8.36. The van der Waals surface area contributed by atoms with E-state index in [9.17, 15) is 4.79 Å². The average molecular weight is 346 g/mol. The van der Waals surface area contributed by atoms with Crippen LogP contribution in [0.1, 0.15) is 38.1 Å². The Morgan fingerprint density at radius 1 is 1.25 bits per heavy atom. The Kier molecular flexibility index (Phi) is 4.57. The van der Waals surface area contributed by atoms with Crippen molar-refractivity contribution in [3.8, 4) is 11.5 Å². The summed E-state index contributed by atoms with van der Waals surface area (Å²) in [7, 11) is 0. The quantitative estimate of drug-likeness (QED) is 0.743. The van der Waals surface area contributed by atoms with E-state index in [1.807, 2.05) is 45.0 Å². The first-order chi connectivity index (χ1) is 11.5. The number of hydrogen-bond donors (Lipinski definition) is 2. The number of benzene rings is 1. The summed E-state index contributed by atoms with van der Waals surface area (Å²) in [4.78, 5) is 24.6. The molecule has 0 saturated carbocycles. The second-order valence-corrected chi connectivity index (χ2v) is 6.39. The molecule has 6 nitrogen and oxygen atoms in total. The van der Waals surface area contributed by atoms with Crippen LogP contribution < -0.4 is 11.0 Å². The minimum atomic E-state index is -0.219. The molecule has 2 heterocycles. The molecule has 2 N–H and O–H groups in total. The van der Waals surface area contributed by atoms with Gasteiger partial charge in [0, 0.05) is 17.5 Å². The monoisotopic (exact) mass is 345 g/mol. The Bertz CT molecular complexity index is 866. The fourth-order valence-corrected chi connectivity index (χ4v) is 2.64. The summed E-state index contributed by atoms with van der Waals surface area (Å²) in [6.45, 7) is 7.14. The predicted octanol–water partition coefficient (Wildman–Crippen LogP) is 3.33. The van der Waals surface area contributed by atoms with Gasteiger partial charge in [0.25, 0.3) is 0 Å². The van der Waals surface area contributed by atoms with Crippen LogP contribution in [0.5, 0.6) is 0 Å². The van der Waals surface area contributed by atoms with Crippen molar-refractivity contribution in [2.45, 2.75) is 33.2 Å². The molecule has 3 rings (SSSR count). The van der Waals surface area contributed by atoms with Gasteiger partial charge in [-0.1, -0.05) is 37.6 Å². The summed E-state index contributed by atoms with van der Waals surface area (Å²) in [5.74, 6) is 2.12. The SMILES string of the molecule is CCNc1[nH]c(=O)n(Cc2ccc(Cl)cc2)c2nc(C(C)C)nc1-2. The van der Waals surface area contributed by atoms with Crippen molar-refractivity contribution < 1.29 is 0 Å². The van der Waals surface area contributed by atoms with Crippen molar-refractivity contribution in [1.29, 1.82) is 0 Å². The number of hydrogen-bond acceptors (Lipinski definition) is 4. The van der Waals surface area contributed by atoms with Crippen molar-refractivity contribution in [2.24, 2.45) is 0 Å². The lowest BCUT2D eigenvalue weighted by Crippen LogP contribution is -2.27. The third-order valence-electron chi connectivity index (χ3n) is 3.75.